The highest BCUT2D eigenvalue weighted by Gasteiger charge is 2.23. The number of benzene rings is 1. The molecule has 0 saturated heterocycles. The zero-order valence-corrected chi connectivity index (χ0v) is 11.8. The van der Waals surface area contributed by atoms with Crippen LogP contribution < -0.4 is 5.32 Å². The molecular formula is C14H19BrFN. The molecule has 1 atom stereocenters. The van der Waals surface area contributed by atoms with E-state index >= 15 is 0 Å². The lowest BCUT2D eigenvalue weighted by atomic mass is 9.79. The molecular weight excluding hydrogens is 281 g/mol. The Balaban J connectivity index is 2.14. The summed E-state index contributed by atoms with van der Waals surface area (Å²) in [5, 5.41) is 3.47. The fourth-order valence-electron chi connectivity index (χ4n) is 2.41. The molecule has 1 aromatic carbocycles. The van der Waals surface area contributed by atoms with E-state index in [1.54, 1.807) is 12.1 Å². The molecule has 1 N–H and O–H groups in total. The van der Waals surface area contributed by atoms with Gasteiger partial charge in [-0.15, -0.1) is 0 Å². The van der Waals surface area contributed by atoms with Gasteiger partial charge in [0, 0.05) is 10.5 Å². The monoisotopic (exact) mass is 299 g/mol. The minimum absolute atomic E-state index is 0.153. The van der Waals surface area contributed by atoms with Crippen LogP contribution in [0.15, 0.2) is 22.7 Å². The van der Waals surface area contributed by atoms with E-state index in [9.17, 15) is 4.39 Å². The predicted molar refractivity (Wildman–Crippen MR) is 72.5 cm³/mol. The van der Waals surface area contributed by atoms with Crippen LogP contribution in [0.2, 0.25) is 0 Å². The van der Waals surface area contributed by atoms with Crippen LogP contribution >= 0.6 is 15.9 Å². The molecule has 1 aliphatic carbocycles. The molecule has 0 heterocycles. The van der Waals surface area contributed by atoms with Gasteiger partial charge in [-0.05, 0) is 42.6 Å². The van der Waals surface area contributed by atoms with E-state index in [-0.39, 0.29) is 11.9 Å². The fourth-order valence-corrected chi connectivity index (χ4v) is 2.93. The van der Waals surface area contributed by atoms with Crippen LogP contribution in [0.1, 0.15) is 44.2 Å². The Bertz CT molecular complexity index is 376. The van der Waals surface area contributed by atoms with Crippen molar-refractivity contribution >= 4 is 15.9 Å². The maximum atomic E-state index is 13.3. The van der Waals surface area contributed by atoms with Crippen LogP contribution in [0.3, 0.4) is 0 Å². The molecule has 3 heteroatoms. The van der Waals surface area contributed by atoms with Crippen molar-refractivity contribution in [3.63, 3.8) is 0 Å². The SMILES string of the molecule is CCNC(CC1CCC1)c1cc(F)ccc1Br. The molecule has 0 aliphatic heterocycles. The van der Waals surface area contributed by atoms with E-state index in [1.165, 1.54) is 25.3 Å². The first kappa shape index (κ1) is 13.0. The van der Waals surface area contributed by atoms with Gasteiger partial charge >= 0.3 is 0 Å². The second-order valence-electron chi connectivity index (χ2n) is 4.81. The third kappa shape index (κ3) is 3.29. The fraction of sp³-hybridized carbons (Fsp3) is 0.571. The molecule has 0 radical (unpaired) electrons. The summed E-state index contributed by atoms with van der Waals surface area (Å²) in [6.45, 7) is 3.02. The Kier molecular flexibility index (Phi) is 4.57. The van der Waals surface area contributed by atoms with Crippen LogP contribution in [0, 0.1) is 11.7 Å². The van der Waals surface area contributed by atoms with Crippen LogP contribution in [0.4, 0.5) is 4.39 Å². The molecule has 0 amide bonds. The lowest BCUT2D eigenvalue weighted by Crippen LogP contribution is -2.26. The maximum absolute atomic E-state index is 13.3. The molecule has 2 rings (SSSR count). The third-order valence-corrected chi connectivity index (χ3v) is 4.30. The summed E-state index contributed by atoms with van der Waals surface area (Å²) in [4.78, 5) is 0. The van der Waals surface area contributed by atoms with Crippen molar-refractivity contribution in [2.24, 2.45) is 5.92 Å². The Morgan fingerprint density at radius 2 is 2.24 bits per heavy atom. The summed E-state index contributed by atoms with van der Waals surface area (Å²) < 4.78 is 14.3. The van der Waals surface area contributed by atoms with Gasteiger partial charge in [-0.25, -0.2) is 4.39 Å². The topological polar surface area (TPSA) is 12.0 Å². The van der Waals surface area contributed by atoms with Crippen molar-refractivity contribution in [3.8, 4) is 0 Å². The molecule has 0 aromatic heterocycles. The summed E-state index contributed by atoms with van der Waals surface area (Å²) in [5.41, 5.74) is 1.05. The largest absolute Gasteiger partial charge is 0.310 e. The Morgan fingerprint density at radius 3 is 2.82 bits per heavy atom. The van der Waals surface area contributed by atoms with E-state index in [2.05, 4.69) is 28.2 Å². The van der Waals surface area contributed by atoms with Gasteiger partial charge in [0.05, 0.1) is 0 Å². The molecule has 1 aromatic rings. The molecule has 94 valence electrons. The highest BCUT2D eigenvalue weighted by Crippen LogP contribution is 2.36. The quantitative estimate of drug-likeness (QED) is 0.848. The maximum Gasteiger partial charge on any atom is 0.123 e. The number of hydrogen-bond donors (Lipinski definition) is 1. The van der Waals surface area contributed by atoms with Gasteiger partial charge in [-0.1, -0.05) is 42.1 Å². The third-order valence-electron chi connectivity index (χ3n) is 3.58. The van der Waals surface area contributed by atoms with Crippen molar-refractivity contribution in [1.29, 1.82) is 0 Å². The lowest BCUT2D eigenvalue weighted by molar-refractivity contribution is 0.262. The van der Waals surface area contributed by atoms with Crippen LogP contribution in [0.25, 0.3) is 0 Å². The first-order valence-electron chi connectivity index (χ1n) is 6.39. The molecule has 1 saturated carbocycles. The Labute approximate surface area is 111 Å². The number of nitrogens with one attached hydrogen (secondary N) is 1. The average Bonchev–Trinajstić information content (AvgIpc) is 2.25. The molecule has 1 fully saturated rings. The number of rotatable bonds is 5. The van der Waals surface area contributed by atoms with E-state index < -0.39 is 0 Å². The van der Waals surface area contributed by atoms with Crippen molar-refractivity contribution in [2.45, 2.75) is 38.6 Å². The van der Waals surface area contributed by atoms with Gasteiger partial charge in [-0.2, -0.15) is 0 Å². The predicted octanol–water partition coefficient (Wildman–Crippen LogP) is 4.43. The standard InChI is InChI=1S/C14H19BrFN/c1-2-17-14(8-10-4-3-5-10)12-9-11(16)6-7-13(12)15/h6-7,9-10,14,17H,2-5,8H2,1H3. The molecule has 17 heavy (non-hydrogen) atoms. The van der Waals surface area contributed by atoms with Crippen LogP contribution in [0.5, 0.6) is 0 Å². The van der Waals surface area contributed by atoms with Gasteiger partial charge in [0.15, 0.2) is 0 Å². The van der Waals surface area contributed by atoms with Crippen molar-refractivity contribution in [3.05, 3.63) is 34.1 Å². The van der Waals surface area contributed by atoms with Crippen molar-refractivity contribution in [2.75, 3.05) is 6.54 Å². The van der Waals surface area contributed by atoms with Gasteiger partial charge in [0.1, 0.15) is 5.82 Å². The van der Waals surface area contributed by atoms with Gasteiger partial charge in [0.25, 0.3) is 0 Å². The van der Waals surface area contributed by atoms with E-state index in [0.717, 1.165) is 28.9 Å². The highest BCUT2D eigenvalue weighted by atomic mass is 79.9. The summed E-state index contributed by atoms with van der Waals surface area (Å²) in [6.07, 6.45) is 5.13. The molecule has 1 unspecified atom stereocenters. The number of hydrogen-bond acceptors (Lipinski definition) is 1. The van der Waals surface area contributed by atoms with Gasteiger partial charge < -0.3 is 5.32 Å². The molecule has 1 nitrogen and oxygen atoms in total. The second kappa shape index (κ2) is 5.96. The normalized spacial score (nSPS) is 17.8. The van der Waals surface area contributed by atoms with Crippen molar-refractivity contribution in [1.82, 2.24) is 5.32 Å². The summed E-state index contributed by atoms with van der Waals surface area (Å²) >= 11 is 3.52. The Morgan fingerprint density at radius 1 is 1.47 bits per heavy atom. The summed E-state index contributed by atoms with van der Waals surface area (Å²) in [5.74, 6) is 0.661. The first-order chi connectivity index (χ1) is 8.20. The highest BCUT2D eigenvalue weighted by molar-refractivity contribution is 9.10. The smallest absolute Gasteiger partial charge is 0.123 e. The minimum atomic E-state index is -0.153. The van der Waals surface area contributed by atoms with Gasteiger partial charge in [0.2, 0.25) is 0 Å². The molecule has 0 spiro atoms. The minimum Gasteiger partial charge on any atom is -0.310 e. The summed E-state index contributed by atoms with van der Waals surface area (Å²) in [6, 6.07) is 5.22. The number of halogens is 2. The summed E-state index contributed by atoms with van der Waals surface area (Å²) in [7, 11) is 0. The van der Waals surface area contributed by atoms with E-state index in [1.807, 2.05) is 0 Å². The lowest BCUT2D eigenvalue weighted by Gasteiger charge is -2.30. The first-order valence-corrected chi connectivity index (χ1v) is 7.18. The van der Waals surface area contributed by atoms with Gasteiger partial charge in [-0.3, -0.25) is 0 Å². The van der Waals surface area contributed by atoms with E-state index in [0.29, 0.717) is 0 Å². The average molecular weight is 300 g/mol. The zero-order valence-electron chi connectivity index (χ0n) is 10.2. The zero-order chi connectivity index (χ0) is 12.3. The molecule has 0 bridgehead atoms. The molecule has 1 aliphatic rings. The van der Waals surface area contributed by atoms with Crippen molar-refractivity contribution < 1.29 is 4.39 Å². The van der Waals surface area contributed by atoms with E-state index in [4.69, 9.17) is 0 Å². The second-order valence-corrected chi connectivity index (χ2v) is 5.66. The van der Waals surface area contributed by atoms with Crippen LogP contribution in [-0.4, -0.2) is 6.54 Å². The Hall–Kier alpha value is -0.410. The van der Waals surface area contributed by atoms with Crippen LogP contribution in [-0.2, 0) is 0 Å².